The summed E-state index contributed by atoms with van der Waals surface area (Å²) in [5.41, 5.74) is -0.450. The first-order valence-corrected chi connectivity index (χ1v) is 6.57. The number of benzene rings is 1. The third kappa shape index (κ3) is 3.35. The van der Waals surface area contributed by atoms with Gasteiger partial charge in [0.1, 0.15) is 0 Å². The van der Waals surface area contributed by atoms with Crippen LogP contribution in [0.3, 0.4) is 0 Å². The Morgan fingerprint density at radius 2 is 2.00 bits per heavy atom. The fraction of sp³-hybridized carbons (Fsp3) is 0.300. The van der Waals surface area contributed by atoms with Gasteiger partial charge in [0, 0.05) is 20.0 Å². The van der Waals surface area contributed by atoms with Crippen molar-refractivity contribution in [3.63, 3.8) is 0 Å². The van der Waals surface area contributed by atoms with E-state index in [1.807, 2.05) is 0 Å². The maximum Gasteiger partial charge on any atom is 0.412 e. The van der Waals surface area contributed by atoms with E-state index in [-0.39, 0.29) is 11.4 Å². The Morgan fingerprint density at radius 1 is 1.40 bits per heavy atom. The van der Waals surface area contributed by atoms with Gasteiger partial charge < -0.3 is 8.92 Å². The second-order valence-corrected chi connectivity index (χ2v) is 5.18. The van der Waals surface area contributed by atoms with E-state index >= 15 is 0 Å². The summed E-state index contributed by atoms with van der Waals surface area (Å²) in [5.74, 6) is -1.03. The molecular formula is C10H12N2O7S. The van der Waals surface area contributed by atoms with E-state index in [1.54, 1.807) is 0 Å². The van der Waals surface area contributed by atoms with Crippen molar-refractivity contribution < 1.29 is 27.1 Å². The van der Waals surface area contributed by atoms with Gasteiger partial charge in [-0.1, -0.05) is 0 Å². The maximum absolute atomic E-state index is 11.7. The fourth-order valence-electron chi connectivity index (χ4n) is 1.35. The standard InChI is InChI=1S/C10H12N2O7S/c1-7(13)19-20(16,17)11(2)8-4-5-10(18-3)9(6-8)12(14)15/h4-6H,1-3H3. The molecule has 0 aliphatic rings. The molecule has 0 heterocycles. The first-order chi connectivity index (χ1) is 9.19. The number of nitrogens with zero attached hydrogens (tertiary/aromatic N) is 2. The molecule has 0 aliphatic carbocycles. The average molecular weight is 304 g/mol. The predicted octanol–water partition coefficient (Wildman–Crippen LogP) is 0.847. The Bertz CT molecular complexity index is 641. The molecule has 0 atom stereocenters. The van der Waals surface area contributed by atoms with Crippen molar-refractivity contribution in [2.24, 2.45) is 0 Å². The van der Waals surface area contributed by atoms with Crippen LogP contribution >= 0.6 is 0 Å². The number of carbonyl (C=O) groups excluding carboxylic acids is 1. The molecule has 0 spiro atoms. The number of anilines is 1. The lowest BCUT2D eigenvalue weighted by molar-refractivity contribution is -0.385. The van der Waals surface area contributed by atoms with Crippen LogP contribution in [0.15, 0.2) is 18.2 Å². The zero-order valence-electron chi connectivity index (χ0n) is 10.9. The zero-order valence-corrected chi connectivity index (χ0v) is 11.7. The lowest BCUT2D eigenvalue weighted by Gasteiger charge is -2.17. The number of carbonyl (C=O) groups is 1. The van der Waals surface area contributed by atoms with Crippen LogP contribution in [0.25, 0.3) is 0 Å². The molecule has 10 heteroatoms. The van der Waals surface area contributed by atoms with Crippen molar-refractivity contribution in [1.29, 1.82) is 0 Å². The molecule has 0 fully saturated rings. The second-order valence-electron chi connectivity index (χ2n) is 3.61. The normalized spacial score (nSPS) is 10.8. The van der Waals surface area contributed by atoms with Crippen LogP contribution in [0.2, 0.25) is 0 Å². The molecule has 1 aromatic carbocycles. The number of rotatable bonds is 5. The summed E-state index contributed by atoms with van der Waals surface area (Å²) in [6.45, 7) is 0.932. The number of hydrogen-bond acceptors (Lipinski definition) is 7. The summed E-state index contributed by atoms with van der Waals surface area (Å²) in [6.07, 6.45) is 0. The summed E-state index contributed by atoms with van der Waals surface area (Å²) in [6, 6.07) is 3.53. The molecule has 0 radical (unpaired) electrons. The van der Waals surface area contributed by atoms with E-state index in [0.717, 1.165) is 20.0 Å². The minimum Gasteiger partial charge on any atom is -0.490 e. The van der Waals surface area contributed by atoms with E-state index in [0.29, 0.717) is 4.31 Å². The topological polar surface area (TPSA) is 116 Å². The number of nitro benzene ring substituents is 1. The minimum atomic E-state index is -4.35. The minimum absolute atomic E-state index is 0.0166. The van der Waals surface area contributed by atoms with Gasteiger partial charge in [-0.05, 0) is 12.1 Å². The number of nitro groups is 1. The van der Waals surface area contributed by atoms with Crippen LogP contribution in [0.1, 0.15) is 6.92 Å². The van der Waals surface area contributed by atoms with Crippen LogP contribution < -0.4 is 9.04 Å². The maximum atomic E-state index is 11.7. The Hall–Kier alpha value is -2.36. The first-order valence-electron chi connectivity index (χ1n) is 5.20. The molecule has 9 nitrogen and oxygen atoms in total. The lowest BCUT2D eigenvalue weighted by atomic mass is 10.2. The van der Waals surface area contributed by atoms with Crippen LogP contribution in [-0.4, -0.2) is 33.5 Å². The molecule has 0 aromatic heterocycles. The summed E-state index contributed by atoms with van der Waals surface area (Å²) in [7, 11) is -2.00. The highest BCUT2D eigenvalue weighted by atomic mass is 32.2. The Morgan fingerprint density at radius 3 is 2.45 bits per heavy atom. The molecule has 0 N–H and O–H groups in total. The molecule has 0 unspecified atom stereocenters. The molecule has 110 valence electrons. The van der Waals surface area contributed by atoms with E-state index < -0.39 is 26.9 Å². The van der Waals surface area contributed by atoms with Crippen molar-refractivity contribution in [2.45, 2.75) is 6.92 Å². The second kappa shape index (κ2) is 5.74. The molecule has 1 aromatic rings. The number of hydrogen-bond donors (Lipinski definition) is 0. The van der Waals surface area contributed by atoms with Gasteiger partial charge in [0.2, 0.25) is 0 Å². The van der Waals surface area contributed by atoms with Gasteiger partial charge in [-0.2, -0.15) is 8.42 Å². The fourth-order valence-corrected chi connectivity index (χ4v) is 2.13. The summed E-state index contributed by atoms with van der Waals surface area (Å²) in [5, 5.41) is 10.9. The highest BCUT2D eigenvalue weighted by molar-refractivity contribution is 7.88. The Kier molecular flexibility index (Phi) is 4.50. The molecular weight excluding hydrogens is 292 g/mol. The van der Waals surface area contributed by atoms with Crippen molar-refractivity contribution >= 4 is 27.6 Å². The monoisotopic (exact) mass is 304 g/mol. The summed E-state index contributed by atoms with van der Waals surface area (Å²) in [4.78, 5) is 20.9. The third-order valence-corrected chi connectivity index (χ3v) is 3.61. The average Bonchev–Trinajstić information content (AvgIpc) is 2.35. The predicted molar refractivity (Wildman–Crippen MR) is 68.7 cm³/mol. The van der Waals surface area contributed by atoms with E-state index in [9.17, 15) is 23.3 Å². The molecule has 0 saturated heterocycles. The SMILES string of the molecule is COc1ccc(N(C)S(=O)(=O)OC(C)=O)cc1[N+](=O)[O-]. The van der Waals surface area contributed by atoms with Gasteiger partial charge in [0.15, 0.2) is 5.75 Å². The van der Waals surface area contributed by atoms with Gasteiger partial charge in [-0.3, -0.25) is 14.9 Å². The smallest absolute Gasteiger partial charge is 0.412 e. The van der Waals surface area contributed by atoms with E-state index in [1.165, 1.54) is 19.2 Å². The van der Waals surface area contributed by atoms with Gasteiger partial charge in [0.25, 0.3) is 0 Å². The van der Waals surface area contributed by atoms with Gasteiger partial charge >= 0.3 is 22.0 Å². The third-order valence-electron chi connectivity index (χ3n) is 2.28. The Labute approximate surface area is 115 Å². The number of methoxy groups -OCH3 is 1. The van der Waals surface area contributed by atoms with E-state index in [4.69, 9.17) is 4.74 Å². The summed E-state index contributed by atoms with van der Waals surface area (Å²) < 4.78 is 32.9. The quantitative estimate of drug-likeness (QED) is 0.584. The first kappa shape index (κ1) is 15.7. The van der Waals surface area contributed by atoms with Crippen LogP contribution in [0.4, 0.5) is 11.4 Å². The van der Waals surface area contributed by atoms with Crippen LogP contribution in [0, 0.1) is 10.1 Å². The van der Waals surface area contributed by atoms with Crippen molar-refractivity contribution in [3.8, 4) is 5.75 Å². The summed E-state index contributed by atoms with van der Waals surface area (Å²) >= 11 is 0. The van der Waals surface area contributed by atoms with Gasteiger partial charge in [-0.15, -0.1) is 0 Å². The van der Waals surface area contributed by atoms with Crippen LogP contribution in [0.5, 0.6) is 5.75 Å². The van der Waals surface area contributed by atoms with Crippen molar-refractivity contribution in [1.82, 2.24) is 0 Å². The molecule has 1 rings (SSSR count). The Balaban J connectivity index is 3.24. The van der Waals surface area contributed by atoms with Crippen molar-refractivity contribution in [3.05, 3.63) is 28.3 Å². The molecule has 20 heavy (non-hydrogen) atoms. The molecule has 0 bridgehead atoms. The van der Waals surface area contributed by atoms with E-state index in [2.05, 4.69) is 4.18 Å². The van der Waals surface area contributed by atoms with Gasteiger partial charge in [-0.25, -0.2) is 4.31 Å². The molecule has 0 amide bonds. The largest absolute Gasteiger partial charge is 0.490 e. The highest BCUT2D eigenvalue weighted by Crippen LogP contribution is 2.31. The van der Waals surface area contributed by atoms with Crippen molar-refractivity contribution in [2.75, 3.05) is 18.5 Å². The highest BCUT2D eigenvalue weighted by Gasteiger charge is 2.25. The lowest BCUT2D eigenvalue weighted by Crippen LogP contribution is -2.29. The zero-order chi connectivity index (χ0) is 15.5. The molecule has 0 saturated carbocycles. The molecule has 0 aliphatic heterocycles. The number of ether oxygens (including phenoxy) is 1. The van der Waals surface area contributed by atoms with Crippen LogP contribution in [-0.2, 0) is 19.3 Å². The van der Waals surface area contributed by atoms with Gasteiger partial charge in [0.05, 0.1) is 17.7 Å².